The maximum absolute atomic E-state index is 12.3. The number of nitrogens with zero attached hydrogens (tertiary/aromatic N) is 2. The molecule has 2 N–H and O–H groups in total. The Hall–Kier alpha value is -1.55. The lowest BCUT2D eigenvalue weighted by Gasteiger charge is -2.27. The van der Waals surface area contributed by atoms with Crippen molar-refractivity contribution in [3.8, 4) is 0 Å². The molecule has 0 bridgehead atoms. The lowest BCUT2D eigenvalue weighted by molar-refractivity contribution is -0.129. The smallest absolute Gasteiger partial charge is 0.242 e. The second-order valence-corrected chi connectivity index (χ2v) is 4.86. The fourth-order valence-corrected chi connectivity index (χ4v) is 2.25. The molecule has 0 heterocycles. The summed E-state index contributed by atoms with van der Waals surface area (Å²) in [4.78, 5) is 16.3. The summed E-state index contributed by atoms with van der Waals surface area (Å²) in [5.41, 5.74) is 7.82. The van der Waals surface area contributed by atoms with E-state index in [0.717, 1.165) is 37.3 Å². The van der Waals surface area contributed by atoms with Gasteiger partial charge in [0.25, 0.3) is 0 Å². The highest BCUT2D eigenvalue weighted by Crippen LogP contribution is 2.16. The Balaban J connectivity index is 2.79. The average molecular weight is 277 g/mol. The number of benzene rings is 1. The first kappa shape index (κ1) is 16.5. The van der Waals surface area contributed by atoms with E-state index < -0.39 is 0 Å². The van der Waals surface area contributed by atoms with Crippen molar-refractivity contribution in [2.45, 2.75) is 33.7 Å². The predicted octanol–water partition coefficient (Wildman–Crippen LogP) is 2.23. The zero-order chi connectivity index (χ0) is 15.0. The molecule has 0 fully saturated rings. The molecule has 1 rings (SSSR count). The van der Waals surface area contributed by atoms with Crippen LogP contribution >= 0.6 is 0 Å². The van der Waals surface area contributed by atoms with Crippen molar-refractivity contribution in [3.63, 3.8) is 0 Å². The molecule has 0 unspecified atom stereocenters. The molecule has 0 aromatic heterocycles. The fourth-order valence-electron chi connectivity index (χ4n) is 2.25. The molecule has 20 heavy (non-hydrogen) atoms. The molecule has 0 aliphatic carbocycles. The third-order valence-electron chi connectivity index (χ3n) is 3.47. The number of hydrogen-bond acceptors (Lipinski definition) is 3. The molecule has 0 aliphatic heterocycles. The number of carbonyl (C=O) groups excluding carboxylic acids is 1. The van der Waals surface area contributed by atoms with E-state index in [1.807, 2.05) is 43.0 Å². The van der Waals surface area contributed by atoms with Crippen LogP contribution in [0, 0.1) is 0 Å². The standard InChI is InChI=1S/C16H27N3O/c1-4-11-19(13-16(20)18(5-2)6-3)15-9-7-14(12-17)8-10-15/h7-10H,4-6,11-13,17H2,1-3H3. The van der Waals surface area contributed by atoms with E-state index in [1.54, 1.807) is 0 Å². The van der Waals surface area contributed by atoms with Gasteiger partial charge in [0.05, 0.1) is 6.54 Å². The van der Waals surface area contributed by atoms with Crippen LogP contribution < -0.4 is 10.6 Å². The van der Waals surface area contributed by atoms with Crippen LogP contribution in [0.4, 0.5) is 5.69 Å². The van der Waals surface area contributed by atoms with Crippen LogP contribution in [0.3, 0.4) is 0 Å². The zero-order valence-electron chi connectivity index (χ0n) is 12.9. The van der Waals surface area contributed by atoms with Gasteiger partial charge in [-0.3, -0.25) is 4.79 Å². The van der Waals surface area contributed by atoms with Crippen molar-refractivity contribution >= 4 is 11.6 Å². The van der Waals surface area contributed by atoms with Crippen molar-refractivity contribution in [1.82, 2.24) is 4.90 Å². The van der Waals surface area contributed by atoms with Crippen LogP contribution in [0.15, 0.2) is 24.3 Å². The summed E-state index contributed by atoms with van der Waals surface area (Å²) in [6.07, 6.45) is 1.02. The summed E-state index contributed by atoms with van der Waals surface area (Å²) in [6, 6.07) is 8.15. The number of likely N-dealkylation sites (N-methyl/N-ethyl adjacent to an activating group) is 1. The van der Waals surface area contributed by atoms with Crippen molar-refractivity contribution in [2.24, 2.45) is 5.73 Å². The lowest BCUT2D eigenvalue weighted by Crippen LogP contribution is -2.40. The van der Waals surface area contributed by atoms with Gasteiger partial charge in [0.1, 0.15) is 0 Å². The number of amides is 1. The first-order valence-corrected chi connectivity index (χ1v) is 7.47. The third-order valence-corrected chi connectivity index (χ3v) is 3.47. The Morgan fingerprint density at radius 1 is 1.10 bits per heavy atom. The molecule has 4 nitrogen and oxygen atoms in total. The molecular formula is C16H27N3O. The van der Waals surface area contributed by atoms with Gasteiger partial charge < -0.3 is 15.5 Å². The zero-order valence-corrected chi connectivity index (χ0v) is 12.9. The van der Waals surface area contributed by atoms with Crippen LogP contribution in [-0.2, 0) is 11.3 Å². The van der Waals surface area contributed by atoms with Gasteiger partial charge >= 0.3 is 0 Å². The van der Waals surface area contributed by atoms with E-state index in [1.165, 1.54) is 0 Å². The minimum atomic E-state index is 0.186. The van der Waals surface area contributed by atoms with E-state index in [0.29, 0.717) is 13.1 Å². The summed E-state index contributed by atoms with van der Waals surface area (Å²) in [5.74, 6) is 0.186. The maximum atomic E-state index is 12.3. The van der Waals surface area contributed by atoms with E-state index in [2.05, 4.69) is 11.8 Å². The van der Waals surface area contributed by atoms with Gasteiger partial charge in [0, 0.05) is 31.9 Å². The Morgan fingerprint density at radius 3 is 2.15 bits per heavy atom. The third kappa shape index (κ3) is 4.53. The van der Waals surface area contributed by atoms with E-state index in [-0.39, 0.29) is 5.91 Å². The van der Waals surface area contributed by atoms with Gasteiger partial charge in [-0.05, 0) is 38.0 Å². The van der Waals surface area contributed by atoms with Gasteiger partial charge in [0.2, 0.25) is 5.91 Å². The van der Waals surface area contributed by atoms with E-state index in [9.17, 15) is 4.79 Å². The molecule has 4 heteroatoms. The summed E-state index contributed by atoms with van der Waals surface area (Å²) in [5, 5.41) is 0. The van der Waals surface area contributed by atoms with Crippen LogP contribution in [0.1, 0.15) is 32.8 Å². The Bertz CT molecular complexity index is 399. The van der Waals surface area contributed by atoms with E-state index >= 15 is 0 Å². The van der Waals surface area contributed by atoms with Crippen molar-refractivity contribution in [2.75, 3.05) is 31.1 Å². The Kier molecular flexibility index (Phi) is 7.09. The summed E-state index contributed by atoms with van der Waals surface area (Å²) < 4.78 is 0. The number of nitrogens with two attached hydrogens (primary N) is 1. The molecule has 1 aromatic carbocycles. The maximum Gasteiger partial charge on any atom is 0.242 e. The van der Waals surface area contributed by atoms with Gasteiger partial charge in [-0.25, -0.2) is 0 Å². The molecule has 0 aliphatic rings. The monoisotopic (exact) mass is 277 g/mol. The molecule has 0 spiro atoms. The van der Waals surface area contributed by atoms with Crippen molar-refractivity contribution in [3.05, 3.63) is 29.8 Å². The molecule has 0 atom stereocenters. The van der Waals surface area contributed by atoms with Gasteiger partial charge in [-0.1, -0.05) is 19.1 Å². The molecular weight excluding hydrogens is 250 g/mol. The molecule has 0 radical (unpaired) electrons. The first-order valence-electron chi connectivity index (χ1n) is 7.47. The highest BCUT2D eigenvalue weighted by Gasteiger charge is 2.15. The number of hydrogen-bond donors (Lipinski definition) is 1. The minimum absolute atomic E-state index is 0.186. The lowest BCUT2D eigenvalue weighted by atomic mass is 10.2. The normalized spacial score (nSPS) is 10.4. The largest absolute Gasteiger partial charge is 0.362 e. The second kappa shape index (κ2) is 8.59. The quantitative estimate of drug-likeness (QED) is 0.792. The highest BCUT2D eigenvalue weighted by atomic mass is 16.2. The van der Waals surface area contributed by atoms with Crippen LogP contribution in [0.5, 0.6) is 0 Å². The summed E-state index contributed by atoms with van der Waals surface area (Å²) in [7, 11) is 0. The number of anilines is 1. The molecule has 0 saturated carbocycles. The Labute approximate surface area is 122 Å². The molecule has 1 amide bonds. The summed E-state index contributed by atoms with van der Waals surface area (Å²) in [6.45, 7) is 9.56. The molecule has 1 aromatic rings. The average Bonchev–Trinajstić information content (AvgIpc) is 2.48. The van der Waals surface area contributed by atoms with Gasteiger partial charge in [-0.2, -0.15) is 0 Å². The minimum Gasteiger partial charge on any atom is -0.362 e. The highest BCUT2D eigenvalue weighted by molar-refractivity contribution is 5.81. The van der Waals surface area contributed by atoms with Gasteiger partial charge in [0.15, 0.2) is 0 Å². The van der Waals surface area contributed by atoms with Crippen LogP contribution in [0.2, 0.25) is 0 Å². The van der Waals surface area contributed by atoms with E-state index in [4.69, 9.17) is 5.73 Å². The van der Waals surface area contributed by atoms with Gasteiger partial charge in [-0.15, -0.1) is 0 Å². The Morgan fingerprint density at radius 2 is 1.70 bits per heavy atom. The van der Waals surface area contributed by atoms with Crippen LogP contribution in [-0.4, -0.2) is 37.0 Å². The van der Waals surface area contributed by atoms with Crippen LogP contribution in [0.25, 0.3) is 0 Å². The number of carbonyl (C=O) groups is 1. The molecule has 112 valence electrons. The second-order valence-electron chi connectivity index (χ2n) is 4.86. The molecule has 0 saturated heterocycles. The van der Waals surface area contributed by atoms with Crippen molar-refractivity contribution in [1.29, 1.82) is 0 Å². The number of rotatable bonds is 8. The fraction of sp³-hybridized carbons (Fsp3) is 0.562. The topological polar surface area (TPSA) is 49.6 Å². The van der Waals surface area contributed by atoms with Crippen molar-refractivity contribution < 1.29 is 4.79 Å². The predicted molar refractivity (Wildman–Crippen MR) is 84.8 cm³/mol. The summed E-state index contributed by atoms with van der Waals surface area (Å²) >= 11 is 0. The first-order chi connectivity index (χ1) is 9.65. The SMILES string of the molecule is CCCN(CC(=O)N(CC)CC)c1ccc(CN)cc1.